The largest absolute Gasteiger partial charge is 0.352 e. The van der Waals surface area contributed by atoms with Gasteiger partial charge >= 0.3 is 0 Å². The van der Waals surface area contributed by atoms with Gasteiger partial charge in [-0.05, 0) is 43.9 Å². The van der Waals surface area contributed by atoms with Crippen LogP contribution in [-0.2, 0) is 9.59 Å². The predicted octanol–water partition coefficient (Wildman–Crippen LogP) is 5.60. The van der Waals surface area contributed by atoms with E-state index in [1.165, 1.54) is 0 Å². The van der Waals surface area contributed by atoms with Crippen molar-refractivity contribution in [2.24, 2.45) is 0 Å². The number of carbonyl (C=O) groups excluding carboxylic acids is 2. The van der Waals surface area contributed by atoms with Crippen molar-refractivity contribution in [1.82, 2.24) is 15.1 Å². The fourth-order valence-corrected chi connectivity index (χ4v) is 6.23. The molecular formula is C31H30N4O2S. The van der Waals surface area contributed by atoms with Gasteiger partial charge in [-0.2, -0.15) is 5.10 Å². The Bertz CT molecular complexity index is 1510. The van der Waals surface area contributed by atoms with Gasteiger partial charge in [0, 0.05) is 17.2 Å². The van der Waals surface area contributed by atoms with Crippen LogP contribution in [0.1, 0.15) is 40.3 Å². The van der Waals surface area contributed by atoms with Gasteiger partial charge in [-0.1, -0.05) is 78.4 Å². The van der Waals surface area contributed by atoms with E-state index in [1.807, 2.05) is 54.1 Å². The molecule has 2 aliphatic rings. The van der Waals surface area contributed by atoms with E-state index in [1.54, 1.807) is 16.7 Å². The molecule has 1 atom stereocenters. The molecule has 1 N–H and O–H groups in total. The minimum atomic E-state index is -0.135. The first-order valence-corrected chi connectivity index (χ1v) is 14.1. The highest BCUT2D eigenvalue weighted by Gasteiger charge is 2.38. The van der Waals surface area contributed by atoms with E-state index in [4.69, 9.17) is 5.10 Å². The normalized spacial score (nSPS) is 17.2. The van der Waals surface area contributed by atoms with E-state index >= 15 is 0 Å². The molecule has 1 aliphatic carbocycles. The molecule has 4 aromatic rings. The summed E-state index contributed by atoms with van der Waals surface area (Å²) in [6, 6.07) is 26.8. The van der Waals surface area contributed by atoms with Gasteiger partial charge in [0.15, 0.2) is 0 Å². The van der Waals surface area contributed by atoms with Gasteiger partial charge in [-0.15, -0.1) is 11.8 Å². The summed E-state index contributed by atoms with van der Waals surface area (Å²) in [5.41, 5.74) is 6.97. The molecule has 192 valence electrons. The van der Waals surface area contributed by atoms with Crippen LogP contribution in [0.4, 0.5) is 5.82 Å². The molecule has 0 radical (unpaired) electrons. The number of carbonyl (C=O) groups is 2. The maximum atomic E-state index is 13.8. The minimum absolute atomic E-state index is 0.0325. The topological polar surface area (TPSA) is 67.2 Å². The van der Waals surface area contributed by atoms with E-state index in [-0.39, 0.29) is 35.4 Å². The Labute approximate surface area is 227 Å². The zero-order valence-electron chi connectivity index (χ0n) is 21.6. The molecule has 38 heavy (non-hydrogen) atoms. The lowest BCUT2D eigenvalue weighted by atomic mass is 9.98. The van der Waals surface area contributed by atoms with Crippen molar-refractivity contribution in [2.75, 3.05) is 17.2 Å². The summed E-state index contributed by atoms with van der Waals surface area (Å²) in [7, 11) is 0. The smallest absolute Gasteiger partial charge is 0.240 e. The lowest BCUT2D eigenvalue weighted by Gasteiger charge is -2.23. The number of aromatic nitrogens is 2. The Hall–Kier alpha value is -3.84. The van der Waals surface area contributed by atoms with Crippen LogP contribution in [0.15, 0.2) is 78.9 Å². The molecule has 7 heteroatoms. The third-order valence-corrected chi connectivity index (χ3v) is 8.32. The third kappa shape index (κ3) is 4.74. The molecule has 6 rings (SSSR count). The maximum absolute atomic E-state index is 13.8. The predicted molar refractivity (Wildman–Crippen MR) is 153 cm³/mol. The van der Waals surface area contributed by atoms with Crippen molar-refractivity contribution in [2.45, 2.75) is 38.0 Å². The second-order valence-electron chi connectivity index (χ2n) is 10.1. The van der Waals surface area contributed by atoms with Gasteiger partial charge in [-0.25, -0.2) is 4.68 Å². The van der Waals surface area contributed by atoms with Gasteiger partial charge in [0.25, 0.3) is 0 Å². The monoisotopic (exact) mass is 522 g/mol. The number of aryl methyl sites for hydroxylation is 2. The van der Waals surface area contributed by atoms with Crippen molar-refractivity contribution in [3.63, 3.8) is 0 Å². The van der Waals surface area contributed by atoms with Crippen LogP contribution < -0.4 is 10.2 Å². The van der Waals surface area contributed by atoms with E-state index in [9.17, 15) is 9.59 Å². The summed E-state index contributed by atoms with van der Waals surface area (Å²) < 4.78 is 1.88. The molecule has 0 bridgehead atoms. The Balaban J connectivity index is 1.62. The molecule has 2 heterocycles. The molecule has 1 fully saturated rings. The van der Waals surface area contributed by atoms with Crippen LogP contribution in [0.5, 0.6) is 0 Å². The highest BCUT2D eigenvalue weighted by atomic mass is 32.2. The first-order chi connectivity index (χ1) is 18.5. The number of amides is 2. The summed E-state index contributed by atoms with van der Waals surface area (Å²) in [4.78, 5) is 28.5. The number of nitrogens with zero attached hydrogens (tertiary/aromatic N) is 3. The highest BCUT2D eigenvalue weighted by molar-refractivity contribution is 8.00. The summed E-state index contributed by atoms with van der Waals surface area (Å²) in [6.07, 6.45) is 1.99. The summed E-state index contributed by atoms with van der Waals surface area (Å²) in [5, 5.41) is 8.11. The van der Waals surface area contributed by atoms with Crippen LogP contribution in [0, 0.1) is 13.8 Å². The number of thioether (sulfide) groups is 1. The second kappa shape index (κ2) is 10.1. The summed E-state index contributed by atoms with van der Waals surface area (Å²) in [6.45, 7) is 4.09. The number of hydrogen-bond donors (Lipinski definition) is 1. The van der Waals surface area contributed by atoms with Crippen LogP contribution in [0.2, 0.25) is 0 Å². The molecule has 1 aliphatic heterocycles. The fraction of sp³-hybridized carbons (Fsp3) is 0.258. The van der Waals surface area contributed by atoms with E-state index in [0.29, 0.717) is 5.82 Å². The number of benzene rings is 3. The lowest BCUT2D eigenvalue weighted by Crippen LogP contribution is -2.43. The standard InChI is InChI=1S/C31H30N4O2S/c1-20-9-8-13-23(17-20)30-28-29(22-11-4-3-5-12-22)33-35(25-14-7-6-10-21(25)2)31(28)34(27(37)19-38-30)18-26(36)32-24-15-16-24/h3-14,17,24,30H,15-16,18-19H2,1-2H3,(H,32,36)/t30-/m1/s1. The van der Waals surface area contributed by atoms with Crippen molar-refractivity contribution >= 4 is 29.4 Å². The number of para-hydroxylation sites is 1. The van der Waals surface area contributed by atoms with Crippen molar-refractivity contribution < 1.29 is 9.59 Å². The van der Waals surface area contributed by atoms with Gasteiger partial charge in [-0.3, -0.25) is 14.5 Å². The summed E-state index contributed by atoms with van der Waals surface area (Å²) in [5.74, 6) is 0.716. The minimum Gasteiger partial charge on any atom is -0.352 e. The third-order valence-electron chi connectivity index (χ3n) is 7.07. The molecule has 2 amide bonds. The van der Waals surface area contributed by atoms with Crippen LogP contribution in [-0.4, -0.2) is 39.9 Å². The second-order valence-corrected chi connectivity index (χ2v) is 11.2. The van der Waals surface area contributed by atoms with E-state index in [2.05, 4.69) is 48.6 Å². The Morgan fingerprint density at radius 2 is 1.76 bits per heavy atom. The van der Waals surface area contributed by atoms with E-state index in [0.717, 1.165) is 52.0 Å². The number of hydrogen-bond acceptors (Lipinski definition) is 4. The zero-order valence-corrected chi connectivity index (χ0v) is 22.4. The van der Waals surface area contributed by atoms with Gasteiger partial charge < -0.3 is 5.32 Å². The first-order valence-electron chi connectivity index (χ1n) is 13.0. The van der Waals surface area contributed by atoms with Crippen LogP contribution in [0.25, 0.3) is 16.9 Å². The van der Waals surface area contributed by atoms with Crippen molar-refractivity contribution in [1.29, 1.82) is 0 Å². The first kappa shape index (κ1) is 24.5. The van der Waals surface area contributed by atoms with Gasteiger partial charge in [0.2, 0.25) is 11.8 Å². The molecule has 0 unspecified atom stereocenters. The molecule has 3 aromatic carbocycles. The Kier molecular flexibility index (Phi) is 6.54. The average Bonchev–Trinajstić information content (AvgIpc) is 3.67. The SMILES string of the molecule is Cc1cccc([C@H]2SCC(=O)N(CC(=O)NC3CC3)c3c2c(-c2ccccc2)nn3-c2ccccc2C)c1. The molecule has 0 saturated heterocycles. The molecular weight excluding hydrogens is 492 g/mol. The average molecular weight is 523 g/mol. The van der Waals surface area contributed by atoms with Gasteiger partial charge in [0.05, 0.1) is 22.4 Å². The molecule has 1 aromatic heterocycles. The van der Waals surface area contributed by atoms with Crippen LogP contribution >= 0.6 is 11.8 Å². The zero-order chi connectivity index (χ0) is 26.2. The number of anilines is 1. The molecule has 6 nitrogen and oxygen atoms in total. The van der Waals surface area contributed by atoms with Gasteiger partial charge in [0.1, 0.15) is 12.4 Å². The number of rotatable bonds is 6. The van der Waals surface area contributed by atoms with Crippen molar-refractivity contribution in [3.05, 3.63) is 101 Å². The van der Waals surface area contributed by atoms with Crippen molar-refractivity contribution in [3.8, 4) is 16.9 Å². The Morgan fingerprint density at radius 1 is 1.00 bits per heavy atom. The maximum Gasteiger partial charge on any atom is 0.240 e. The number of nitrogens with one attached hydrogen (secondary N) is 1. The van der Waals surface area contributed by atoms with Crippen LogP contribution in [0.3, 0.4) is 0 Å². The lowest BCUT2D eigenvalue weighted by molar-refractivity contribution is -0.123. The quantitative estimate of drug-likeness (QED) is 0.358. The highest BCUT2D eigenvalue weighted by Crippen LogP contribution is 2.48. The Morgan fingerprint density at radius 3 is 2.50 bits per heavy atom. The fourth-order valence-electron chi connectivity index (χ4n) is 5.04. The number of fused-ring (bicyclic) bond motifs is 1. The van der Waals surface area contributed by atoms with E-state index < -0.39 is 0 Å². The molecule has 1 saturated carbocycles. The summed E-state index contributed by atoms with van der Waals surface area (Å²) >= 11 is 1.60. The molecule has 0 spiro atoms.